The molecule has 0 aliphatic rings. The number of benzene rings is 1. The van der Waals surface area contributed by atoms with Crippen molar-refractivity contribution in [1.82, 2.24) is 4.73 Å². The summed E-state index contributed by atoms with van der Waals surface area (Å²) in [5.41, 5.74) is -1.26. The minimum atomic E-state index is -0.867. The highest BCUT2D eigenvalue weighted by molar-refractivity contribution is 5.96. The fourth-order valence-corrected chi connectivity index (χ4v) is 1.76. The molecule has 2 rings (SSSR count). The van der Waals surface area contributed by atoms with Crippen LogP contribution < -0.4 is 10.3 Å². The lowest BCUT2D eigenvalue weighted by Gasteiger charge is -2.03. The third kappa shape index (κ3) is 3.56. The van der Waals surface area contributed by atoms with Crippen molar-refractivity contribution in [2.75, 3.05) is 7.11 Å². The summed E-state index contributed by atoms with van der Waals surface area (Å²) < 4.78 is 1.20. The zero-order valence-electron chi connectivity index (χ0n) is 11.8. The van der Waals surface area contributed by atoms with Gasteiger partial charge in [-0.1, -0.05) is 6.07 Å². The lowest BCUT2D eigenvalue weighted by Crippen LogP contribution is -2.25. The van der Waals surface area contributed by atoms with Crippen LogP contribution in [0.4, 0.5) is 11.4 Å². The van der Waals surface area contributed by atoms with Crippen LogP contribution in [0.15, 0.2) is 47.6 Å². The van der Waals surface area contributed by atoms with Crippen molar-refractivity contribution in [2.45, 2.75) is 0 Å². The quantitative estimate of drug-likeness (QED) is 0.613. The van der Waals surface area contributed by atoms with Crippen molar-refractivity contribution in [1.29, 1.82) is 0 Å². The van der Waals surface area contributed by atoms with E-state index in [1.165, 1.54) is 24.1 Å². The summed E-state index contributed by atoms with van der Waals surface area (Å²) in [6, 6.07) is 7.36. The number of rotatable bonds is 4. The second-order valence-electron chi connectivity index (χ2n) is 4.24. The maximum absolute atomic E-state index is 12.2. The van der Waals surface area contributed by atoms with Crippen molar-refractivity contribution in [3.8, 4) is 0 Å². The van der Waals surface area contributed by atoms with Gasteiger partial charge < -0.3 is 4.84 Å². The Kier molecular flexibility index (Phi) is 4.45. The summed E-state index contributed by atoms with van der Waals surface area (Å²) in [5, 5.41) is 21.7. The van der Waals surface area contributed by atoms with Gasteiger partial charge in [-0.05, 0) is 12.1 Å². The van der Waals surface area contributed by atoms with Gasteiger partial charge in [0.1, 0.15) is 7.11 Å². The minimum Gasteiger partial charge on any atom is -0.416 e. The van der Waals surface area contributed by atoms with E-state index < -0.39 is 27.1 Å². The van der Waals surface area contributed by atoms with E-state index in [-0.39, 0.29) is 11.1 Å². The lowest BCUT2D eigenvalue weighted by atomic mass is 10.1. The van der Waals surface area contributed by atoms with Crippen LogP contribution in [-0.4, -0.2) is 27.6 Å². The van der Waals surface area contributed by atoms with Crippen molar-refractivity contribution < 1.29 is 19.5 Å². The Bertz CT molecular complexity index is 825. The second-order valence-corrected chi connectivity index (χ2v) is 4.24. The highest BCUT2D eigenvalue weighted by Crippen LogP contribution is 2.23. The average molecular weight is 318 g/mol. The fourth-order valence-electron chi connectivity index (χ4n) is 1.76. The molecule has 0 fully saturated rings. The molecule has 0 aliphatic heterocycles. The van der Waals surface area contributed by atoms with Gasteiger partial charge in [0.15, 0.2) is 5.49 Å². The number of non-ortho nitro benzene ring substituents is 2. The second kappa shape index (κ2) is 6.47. The molecule has 1 heterocycles. The molecule has 10 nitrogen and oxygen atoms in total. The number of aromatic nitrogens is 1. The van der Waals surface area contributed by atoms with Gasteiger partial charge in [0.2, 0.25) is 0 Å². The van der Waals surface area contributed by atoms with Crippen molar-refractivity contribution in [3.63, 3.8) is 0 Å². The number of carbonyl (C=O) groups excluding carboxylic acids is 1. The number of carbonyl (C=O) groups is 1. The number of hydrogen-bond donors (Lipinski definition) is 0. The van der Waals surface area contributed by atoms with Gasteiger partial charge in [0.25, 0.3) is 17.3 Å². The monoisotopic (exact) mass is 318 g/mol. The standard InChI is InChI=1S/C13H10N4O6/c1-23-15-5-3-2-4-12(15)14-13(18)9-6-10(16(19)20)8-11(7-9)17(21)22/h2-8H,1H3. The summed E-state index contributed by atoms with van der Waals surface area (Å²) in [6.45, 7) is 0. The van der Waals surface area contributed by atoms with Gasteiger partial charge in [-0.25, -0.2) is 0 Å². The van der Waals surface area contributed by atoms with E-state index in [1.807, 2.05) is 0 Å². The maximum atomic E-state index is 12.2. The van der Waals surface area contributed by atoms with Gasteiger partial charge in [-0.2, -0.15) is 9.72 Å². The third-order valence-electron chi connectivity index (χ3n) is 2.79. The average Bonchev–Trinajstić information content (AvgIpc) is 2.54. The van der Waals surface area contributed by atoms with Crippen molar-refractivity contribution in [3.05, 3.63) is 73.9 Å². The first-order valence-electron chi connectivity index (χ1n) is 6.17. The zero-order chi connectivity index (χ0) is 17.0. The van der Waals surface area contributed by atoms with Crippen LogP contribution in [0, 0.1) is 20.2 Å². The van der Waals surface area contributed by atoms with Gasteiger partial charge in [0, 0.05) is 18.3 Å². The molecule has 0 saturated carbocycles. The van der Waals surface area contributed by atoms with Crippen LogP contribution in [0.1, 0.15) is 10.4 Å². The third-order valence-corrected chi connectivity index (χ3v) is 2.79. The molecule has 2 aromatic rings. The summed E-state index contributed by atoms with van der Waals surface area (Å²) in [7, 11) is 1.36. The molecule has 23 heavy (non-hydrogen) atoms. The summed E-state index contributed by atoms with van der Waals surface area (Å²) in [6.07, 6.45) is 1.50. The van der Waals surface area contributed by atoms with Gasteiger partial charge in [0.05, 0.1) is 21.5 Å². The predicted octanol–water partition coefficient (Wildman–Crippen LogP) is 1.10. The van der Waals surface area contributed by atoms with E-state index in [9.17, 15) is 25.0 Å². The number of pyridine rings is 1. The SMILES string of the molecule is COn1ccccc1=NC(=O)c1cc([N+](=O)[O-])cc([N+](=O)[O-])c1. The number of nitro groups is 2. The zero-order valence-corrected chi connectivity index (χ0v) is 11.8. The Morgan fingerprint density at radius 1 is 1.13 bits per heavy atom. The highest BCUT2D eigenvalue weighted by atomic mass is 16.6. The smallest absolute Gasteiger partial charge is 0.279 e. The fraction of sp³-hybridized carbons (Fsp3) is 0.0769. The molecule has 0 saturated heterocycles. The minimum absolute atomic E-state index is 0.133. The molecule has 1 amide bonds. The van der Waals surface area contributed by atoms with Crippen LogP contribution in [0.3, 0.4) is 0 Å². The first-order valence-corrected chi connectivity index (χ1v) is 6.17. The molecular formula is C13H10N4O6. The molecule has 10 heteroatoms. The maximum Gasteiger partial charge on any atom is 0.279 e. The number of nitro benzene ring substituents is 2. The van der Waals surface area contributed by atoms with Gasteiger partial charge in [-0.3, -0.25) is 25.0 Å². The molecule has 0 unspecified atom stereocenters. The van der Waals surface area contributed by atoms with Crippen LogP contribution in [0.2, 0.25) is 0 Å². The Morgan fingerprint density at radius 3 is 2.26 bits per heavy atom. The predicted molar refractivity (Wildman–Crippen MR) is 76.6 cm³/mol. The van der Waals surface area contributed by atoms with Gasteiger partial charge in [-0.15, -0.1) is 0 Å². The summed E-state index contributed by atoms with van der Waals surface area (Å²) in [4.78, 5) is 40.9. The highest BCUT2D eigenvalue weighted by Gasteiger charge is 2.19. The summed E-state index contributed by atoms with van der Waals surface area (Å²) in [5.74, 6) is -0.867. The normalized spacial score (nSPS) is 11.1. The van der Waals surface area contributed by atoms with Crippen LogP contribution in [0.5, 0.6) is 0 Å². The topological polar surface area (TPSA) is 130 Å². The van der Waals surface area contributed by atoms with Crippen LogP contribution in [0.25, 0.3) is 0 Å². The molecule has 0 radical (unpaired) electrons. The molecule has 1 aromatic carbocycles. The molecule has 0 spiro atoms. The van der Waals surface area contributed by atoms with Crippen LogP contribution in [-0.2, 0) is 0 Å². The van der Waals surface area contributed by atoms with Crippen molar-refractivity contribution >= 4 is 17.3 Å². The van der Waals surface area contributed by atoms with E-state index in [0.29, 0.717) is 0 Å². The van der Waals surface area contributed by atoms with E-state index in [1.54, 1.807) is 12.1 Å². The Labute approximate surface area is 128 Å². The Hall–Kier alpha value is -3.56. The molecule has 1 aromatic heterocycles. The molecule has 0 atom stereocenters. The Balaban J connectivity index is 2.55. The Morgan fingerprint density at radius 2 is 1.74 bits per heavy atom. The molecule has 0 bridgehead atoms. The lowest BCUT2D eigenvalue weighted by molar-refractivity contribution is -0.394. The van der Waals surface area contributed by atoms with E-state index in [2.05, 4.69) is 4.99 Å². The number of amides is 1. The van der Waals surface area contributed by atoms with Crippen LogP contribution >= 0.6 is 0 Å². The first kappa shape index (κ1) is 15.8. The molecular weight excluding hydrogens is 308 g/mol. The van der Waals surface area contributed by atoms with E-state index in [0.717, 1.165) is 18.2 Å². The number of nitrogens with zero attached hydrogens (tertiary/aromatic N) is 4. The summed E-state index contributed by atoms with van der Waals surface area (Å²) >= 11 is 0. The van der Waals surface area contributed by atoms with E-state index >= 15 is 0 Å². The largest absolute Gasteiger partial charge is 0.416 e. The first-order chi connectivity index (χ1) is 10.9. The van der Waals surface area contributed by atoms with E-state index in [4.69, 9.17) is 4.84 Å². The van der Waals surface area contributed by atoms with Crippen molar-refractivity contribution in [2.24, 2.45) is 4.99 Å². The van der Waals surface area contributed by atoms with Gasteiger partial charge >= 0.3 is 0 Å². The molecule has 0 aliphatic carbocycles. The number of hydrogen-bond acceptors (Lipinski definition) is 6. The molecule has 118 valence electrons. The molecule has 0 N–H and O–H groups in total.